The minimum absolute atomic E-state index is 0.288. The Morgan fingerprint density at radius 2 is 1.89 bits per heavy atom. The molecule has 1 unspecified atom stereocenters. The number of aromatic amines is 1. The van der Waals surface area contributed by atoms with Crippen LogP contribution in [-0.4, -0.2) is 29.6 Å². The largest absolute Gasteiger partial charge is 0.358 e. The highest BCUT2D eigenvalue weighted by Crippen LogP contribution is 2.25. The highest BCUT2D eigenvalue weighted by Gasteiger charge is 2.20. The third-order valence-electron chi connectivity index (χ3n) is 5.45. The van der Waals surface area contributed by atoms with E-state index >= 15 is 0 Å². The summed E-state index contributed by atoms with van der Waals surface area (Å²) >= 11 is 6.38. The number of halogens is 1. The number of rotatable bonds is 5. The Labute approximate surface area is 207 Å². The van der Waals surface area contributed by atoms with Crippen LogP contribution in [0.1, 0.15) is 43.8 Å². The van der Waals surface area contributed by atoms with Crippen LogP contribution in [0.4, 0.5) is 11.5 Å². The molecule has 0 amide bonds. The fraction of sp³-hybridized carbons (Fsp3) is 0.240. The fourth-order valence-corrected chi connectivity index (χ4v) is 4.06. The molecular weight excluding hydrogens is 464 g/mol. The minimum atomic E-state index is -0.402. The van der Waals surface area contributed by atoms with Gasteiger partial charge in [-0.15, -0.1) is 0 Å². The lowest BCUT2D eigenvalue weighted by Gasteiger charge is -2.22. The van der Waals surface area contributed by atoms with Crippen molar-refractivity contribution in [2.45, 2.75) is 40.7 Å². The Balaban J connectivity index is 0.00000141. The van der Waals surface area contributed by atoms with Gasteiger partial charge in [0.25, 0.3) is 5.56 Å². The van der Waals surface area contributed by atoms with Gasteiger partial charge in [0.2, 0.25) is 0 Å². The van der Waals surface area contributed by atoms with E-state index in [0.29, 0.717) is 38.7 Å². The van der Waals surface area contributed by atoms with Crippen molar-refractivity contribution in [1.29, 1.82) is 0 Å². The standard InChI is InChI=1S/C23H21ClN8O.C2H6/c1-12-7-8-16(13(2)9-12)31-32-22(30-17-6-4-5-15(24)18(17)23(32)33)14(3)29-21-19-20(26-10-25-19)27-11-28-21;1-2/h4-11,14,31H,1-3H3,(H2,25,26,27,28,29);1-2H3. The number of nitrogens with one attached hydrogen (secondary N) is 3. The molecule has 0 saturated heterocycles. The summed E-state index contributed by atoms with van der Waals surface area (Å²) in [6.45, 7) is 9.91. The van der Waals surface area contributed by atoms with Gasteiger partial charge in [0.15, 0.2) is 17.3 Å². The molecule has 0 aliphatic heterocycles. The van der Waals surface area contributed by atoms with Gasteiger partial charge in [-0.3, -0.25) is 10.2 Å². The van der Waals surface area contributed by atoms with E-state index in [1.54, 1.807) is 24.5 Å². The summed E-state index contributed by atoms with van der Waals surface area (Å²) in [7, 11) is 0. The maximum absolute atomic E-state index is 13.6. The van der Waals surface area contributed by atoms with Crippen LogP contribution in [-0.2, 0) is 0 Å². The average molecular weight is 491 g/mol. The Morgan fingerprint density at radius 3 is 2.66 bits per heavy atom. The molecule has 0 aliphatic rings. The fourth-order valence-electron chi connectivity index (χ4n) is 3.81. The molecule has 0 fully saturated rings. The van der Waals surface area contributed by atoms with Crippen molar-refractivity contribution in [1.82, 2.24) is 29.6 Å². The highest BCUT2D eigenvalue weighted by atomic mass is 35.5. The molecule has 5 rings (SSSR count). The lowest BCUT2D eigenvalue weighted by Crippen LogP contribution is -2.33. The third-order valence-corrected chi connectivity index (χ3v) is 5.77. The van der Waals surface area contributed by atoms with Crippen molar-refractivity contribution >= 4 is 45.2 Å². The molecule has 1 atom stereocenters. The molecule has 0 spiro atoms. The van der Waals surface area contributed by atoms with Crippen molar-refractivity contribution in [2.75, 3.05) is 10.7 Å². The lowest BCUT2D eigenvalue weighted by atomic mass is 10.1. The van der Waals surface area contributed by atoms with Gasteiger partial charge in [0, 0.05) is 0 Å². The summed E-state index contributed by atoms with van der Waals surface area (Å²) in [5, 5.41) is 4.03. The van der Waals surface area contributed by atoms with E-state index in [-0.39, 0.29) is 5.56 Å². The molecule has 0 saturated carbocycles. The Bertz CT molecular complexity index is 1560. The smallest absolute Gasteiger partial charge is 0.281 e. The quantitative estimate of drug-likeness (QED) is 0.302. The maximum atomic E-state index is 13.6. The molecular formula is C25H27ClN8O. The predicted octanol–water partition coefficient (Wildman–Crippen LogP) is 5.41. The summed E-state index contributed by atoms with van der Waals surface area (Å²) in [4.78, 5) is 34.1. The molecule has 9 nitrogen and oxygen atoms in total. The highest BCUT2D eigenvalue weighted by molar-refractivity contribution is 6.35. The van der Waals surface area contributed by atoms with Gasteiger partial charge in [-0.25, -0.2) is 24.6 Å². The van der Waals surface area contributed by atoms with Gasteiger partial charge >= 0.3 is 0 Å². The number of hydrogen-bond acceptors (Lipinski definition) is 7. The molecule has 5 aromatic rings. The first-order chi connectivity index (χ1) is 16.9. The van der Waals surface area contributed by atoms with Crippen molar-refractivity contribution in [3.05, 3.63) is 81.4 Å². The Morgan fingerprint density at radius 1 is 1.09 bits per heavy atom. The number of hydrogen-bond donors (Lipinski definition) is 3. The SMILES string of the molecule is CC.Cc1ccc(Nn2c(C(C)Nc3ncnc4nc[nH]c34)nc3cccc(Cl)c3c2=O)c(C)c1. The molecule has 0 radical (unpaired) electrons. The summed E-state index contributed by atoms with van der Waals surface area (Å²) in [5.41, 5.74) is 7.62. The summed E-state index contributed by atoms with van der Waals surface area (Å²) in [5.74, 6) is 1.03. The number of aromatic nitrogens is 6. The van der Waals surface area contributed by atoms with Gasteiger partial charge < -0.3 is 10.3 Å². The van der Waals surface area contributed by atoms with Crippen LogP contribution < -0.4 is 16.3 Å². The summed E-state index contributed by atoms with van der Waals surface area (Å²) in [6.07, 6.45) is 3.00. The maximum Gasteiger partial charge on any atom is 0.281 e. The predicted molar refractivity (Wildman–Crippen MR) is 141 cm³/mol. The van der Waals surface area contributed by atoms with Crippen molar-refractivity contribution < 1.29 is 0 Å². The molecule has 180 valence electrons. The van der Waals surface area contributed by atoms with Crippen LogP contribution in [0.3, 0.4) is 0 Å². The molecule has 3 aromatic heterocycles. The summed E-state index contributed by atoms with van der Waals surface area (Å²) in [6, 6.07) is 10.8. The van der Waals surface area contributed by atoms with E-state index in [4.69, 9.17) is 16.6 Å². The zero-order chi connectivity index (χ0) is 25.1. The van der Waals surface area contributed by atoms with E-state index in [2.05, 4.69) is 30.7 Å². The second-order valence-electron chi connectivity index (χ2n) is 7.86. The van der Waals surface area contributed by atoms with Crippen molar-refractivity contribution in [3.63, 3.8) is 0 Å². The van der Waals surface area contributed by atoms with E-state index in [0.717, 1.165) is 16.8 Å². The normalized spacial score (nSPS) is 11.7. The van der Waals surface area contributed by atoms with E-state index in [1.807, 2.05) is 52.8 Å². The Kier molecular flexibility index (Phi) is 6.97. The number of H-pyrrole nitrogens is 1. The number of aryl methyl sites for hydroxylation is 2. The second kappa shape index (κ2) is 10.1. The molecule has 2 aromatic carbocycles. The molecule has 35 heavy (non-hydrogen) atoms. The van der Waals surface area contributed by atoms with Gasteiger partial charge in [0.05, 0.1) is 34.0 Å². The first-order valence-electron chi connectivity index (χ1n) is 11.4. The van der Waals surface area contributed by atoms with Gasteiger partial charge in [0.1, 0.15) is 11.8 Å². The lowest BCUT2D eigenvalue weighted by molar-refractivity contribution is 0.701. The van der Waals surface area contributed by atoms with E-state index < -0.39 is 6.04 Å². The van der Waals surface area contributed by atoms with Crippen LogP contribution in [0.2, 0.25) is 5.02 Å². The molecule has 3 N–H and O–H groups in total. The number of fused-ring (bicyclic) bond motifs is 2. The van der Waals surface area contributed by atoms with E-state index in [9.17, 15) is 4.79 Å². The summed E-state index contributed by atoms with van der Waals surface area (Å²) < 4.78 is 1.44. The van der Waals surface area contributed by atoms with Crippen LogP contribution in [0.25, 0.3) is 22.1 Å². The van der Waals surface area contributed by atoms with Crippen LogP contribution >= 0.6 is 11.6 Å². The van der Waals surface area contributed by atoms with Crippen LogP contribution in [0.15, 0.2) is 53.8 Å². The zero-order valence-electron chi connectivity index (χ0n) is 20.2. The van der Waals surface area contributed by atoms with Gasteiger partial charge in [-0.05, 0) is 44.5 Å². The number of anilines is 2. The van der Waals surface area contributed by atoms with Crippen LogP contribution in [0.5, 0.6) is 0 Å². The molecule has 10 heteroatoms. The van der Waals surface area contributed by atoms with Crippen molar-refractivity contribution in [3.8, 4) is 0 Å². The van der Waals surface area contributed by atoms with Gasteiger partial charge in [-0.1, -0.05) is 49.2 Å². The first kappa shape index (κ1) is 24.2. The molecule has 0 bridgehead atoms. The van der Waals surface area contributed by atoms with Gasteiger partial charge in [-0.2, -0.15) is 0 Å². The van der Waals surface area contributed by atoms with E-state index in [1.165, 1.54) is 11.0 Å². The molecule has 0 aliphatic carbocycles. The first-order valence-corrected chi connectivity index (χ1v) is 11.8. The van der Waals surface area contributed by atoms with Crippen LogP contribution in [0, 0.1) is 13.8 Å². The number of nitrogens with zero attached hydrogens (tertiary/aromatic N) is 5. The number of benzene rings is 2. The topological polar surface area (TPSA) is 113 Å². The minimum Gasteiger partial charge on any atom is -0.358 e. The molecule has 3 heterocycles. The van der Waals surface area contributed by atoms with Crippen molar-refractivity contribution in [2.24, 2.45) is 0 Å². The third kappa shape index (κ3) is 4.67. The number of imidazole rings is 1. The monoisotopic (exact) mass is 490 g/mol. The average Bonchev–Trinajstić information content (AvgIpc) is 3.33. The zero-order valence-corrected chi connectivity index (χ0v) is 21.0. The Hall–Kier alpha value is -3.98. The second-order valence-corrected chi connectivity index (χ2v) is 8.27.